The fourth-order valence-corrected chi connectivity index (χ4v) is 3.06. The molecule has 0 fully saturated rings. The Morgan fingerprint density at radius 1 is 0.952 bits per heavy atom. The number of rotatable bonds is 3. The van der Waals surface area contributed by atoms with Crippen molar-refractivity contribution in [2.45, 2.75) is 4.90 Å². The van der Waals surface area contributed by atoms with Crippen molar-refractivity contribution in [3.05, 3.63) is 66.7 Å². The zero-order chi connectivity index (χ0) is 14.9. The fourth-order valence-electron chi connectivity index (χ4n) is 1.98. The van der Waals surface area contributed by atoms with Crippen molar-refractivity contribution in [1.29, 1.82) is 0 Å². The van der Waals surface area contributed by atoms with E-state index in [1.54, 1.807) is 12.1 Å². The molecule has 0 saturated carbocycles. The van der Waals surface area contributed by atoms with Gasteiger partial charge in [-0.2, -0.15) is 4.39 Å². The Kier molecular flexibility index (Phi) is 3.31. The van der Waals surface area contributed by atoms with Crippen LogP contribution in [0.4, 0.5) is 10.1 Å². The van der Waals surface area contributed by atoms with Crippen LogP contribution in [0, 0.1) is 5.95 Å². The van der Waals surface area contributed by atoms with Crippen LogP contribution in [0.1, 0.15) is 0 Å². The highest BCUT2D eigenvalue weighted by molar-refractivity contribution is 7.92. The average molecular weight is 302 g/mol. The summed E-state index contributed by atoms with van der Waals surface area (Å²) in [6.45, 7) is 0. The molecule has 0 saturated heterocycles. The lowest BCUT2D eigenvalue weighted by Crippen LogP contribution is -2.13. The highest BCUT2D eigenvalue weighted by atomic mass is 32.2. The molecule has 1 N–H and O–H groups in total. The van der Waals surface area contributed by atoms with Gasteiger partial charge in [-0.3, -0.25) is 4.72 Å². The van der Waals surface area contributed by atoms with E-state index in [0.29, 0.717) is 0 Å². The Bertz CT molecular complexity index is 893. The number of fused-ring (bicyclic) bond motifs is 1. The zero-order valence-electron chi connectivity index (χ0n) is 10.8. The molecule has 0 aliphatic heterocycles. The predicted molar refractivity (Wildman–Crippen MR) is 79.0 cm³/mol. The summed E-state index contributed by atoms with van der Waals surface area (Å²) in [6.07, 6.45) is 1.13. The fraction of sp³-hybridized carbons (Fsp3) is 0. The minimum atomic E-state index is -3.73. The summed E-state index contributed by atoms with van der Waals surface area (Å²) < 4.78 is 39.7. The first kappa shape index (κ1) is 13.5. The second kappa shape index (κ2) is 5.14. The van der Waals surface area contributed by atoms with Crippen LogP contribution in [0.15, 0.2) is 65.7 Å². The molecule has 3 rings (SSSR count). The molecule has 0 amide bonds. The van der Waals surface area contributed by atoms with Crippen molar-refractivity contribution in [2.24, 2.45) is 0 Å². The Hall–Kier alpha value is -2.47. The van der Waals surface area contributed by atoms with Crippen molar-refractivity contribution in [3.63, 3.8) is 0 Å². The van der Waals surface area contributed by atoms with Crippen LogP contribution in [0.2, 0.25) is 0 Å². The van der Waals surface area contributed by atoms with Gasteiger partial charge in [-0.05, 0) is 35.0 Å². The summed E-state index contributed by atoms with van der Waals surface area (Å²) in [5.74, 6) is -0.663. The van der Waals surface area contributed by atoms with Crippen LogP contribution in [0.3, 0.4) is 0 Å². The number of nitrogens with one attached hydrogen (secondary N) is 1. The first-order chi connectivity index (χ1) is 10.0. The average Bonchev–Trinajstić information content (AvgIpc) is 2.49. The van der Waals surface area contributed by atoms with Gasteiger partial charge in [0.15, 0.2) is 0 Å². The van der Waals surface area contributed by atoms with Crippen LogP contribution in [0.25, 0.3) is 10.8 Å². The van der Waals surface area contributed by atoms with E-state index >= 15 is 0 Å². The zero-order valence-corrected chi connectivity index (χ0v) is 11.6. The molecule has 0 aliphatic carbocycles. The third kappa shape index (κ3) is 2.85. The first-order valence-electron chi connectivity index (χ1n) is 6.18. The number of benzene rings is 2. The molecule has 0 atom stereocenters. The SMILES string of the molecule is O=S(=O)(Nc1ccc(F)nc1)c1ccc2ccccc2c1. The Morgan fingerprint density at radius 2 is 1.71 bits per heavy atom. The van der Waals surface area contributed by atoms with Crippen LogP contribution in [-0.2, 0) is 10.0 Å². The number of sulfonamides is 1. The number of pyridine rings is 1. The lowest BCUT2D eigenvalue weighted by Gasteiger charge is -2.08. The Morgan fingerprint density at radius 3 is 2.43 bits per heavy atom. The number of hydrogen-bond acceptors (Lipinski definition) is 3. The topological polar surface area (TPSA) is 59.1 Å². The number of anilines is 1. The lowest BCUT2D eigenvalue weighted by atomic mass is 10.1. The number of nitrogens with zero attached hydrogens (tertiary/aromatic N) is 1. The van der Waals surface area contributed by atoms with E-state index in [4.69, 9.17) is 0 Å². The molecule has 21 heavy (non-hydrogen) atoms. The molecular weight excluding hydrogens is 291 g/mol. The van der Waals surface area contributed by atoms with Gasteiger partial charge in [0, 0.05) is 0 Å². The van der Waals surface area contributed by atoms with Crippen LogP contribution >= 0.6 is 0 Å². The minimum Gasteiger partial charge on any atom is -0.278 e. The lowest BCUT2D eigenvalue weighted by molar-refractivity contribution is 0.583. The van der Waals surface area contributed by atoms with Gasteiger partial charge in [-0.1, -0.05) is 30.3 Å². The summed E-state index contributed by atoms with van der Waals surface area (Å²) >= 11 is 0. The molecule has 0 bridgehead atoms. The van der Waals surface area contributed by atoms with Gasteiger partial charge in [0.05, 0.1) is 16.8 Å². The maximum atomic E-state index is 12.7. The van der Waals surface area contributed by atoms with Crippen LogP contribution < -0.4 is 4.72 Å². The standard InChI is InChI=1S/C15H11FN2O2S/c16-15-8-6-13(10-17-15)18-21(19,20)14-7-5-11-3-1-2-4-12(11)9-14/h1-10,18H. The van der Waals surface area contributed by atoms with Crippen molar-refractivity contribution in [1.82, 2.24) is 4.98 Å². The Labute approximate surface area is 121 Å². The van der Waals surface area contributed by atoms with E-state index in [0.717, 1.165) is 23.0 Å². The highest BCUT2D eigenvalue weighted by Gasteiger charge is 2.14. The molecule has 1 heterocycles. The molecule has 0 aliphatic rings. The highest BCUT2D eigenvalue weighted by Crippen LogP contribution is 2.21. The second-order valence-electron chi connectivity index (χ2n) is 4.48. The molecule has 6 heteroatoms. The van der Waals surface area contributed by atoms with Gasteiger partial charge >= 0.3 is 0 Å². The molecule has 4 nitrogen and oxygen atoms in total. The number of aromatic nitrogens is 1. The molecule has 0 unspecified atom stereocenters. The summed E-state index contributed by atoms with van der Waals surface area (Å²) in [4.78, 5) is 3.56. The Balaban J connectivity index is 1.97. The largest absolute Gasteiger partial charge is 0.278 e. The third-order valence-corrected chi connectivity index (χ3v) is 4.39. The van der Waals surface area contributed by atoms with Crippen LogP contribution in [0.5, 0.6) is 0 Å². The quantitative estimate of drug-likeness (QED) is 0.756. The van der Waals surface area contributed by atoms with Crippen molar-refractivity contribution in [3.8, 4) is 0 Å². The van der Waals surface area contributed by atoms with E-state index in [-0.39, 0.29) is 10.6 Å². The van der Waals surface area contributed by atoms with Gasteiger partial charge < -0.3 is 0 Å². The molecule has 3 aromatic rings. The van der Waals surface area contributed by atoms with Gasteiger partial charge in [0.25, 0.3) is 10.0 Å². The summed E-state index contributed by atoms with van der Waals surface area (Å²) in [7, 11) is -3.73. The molecule has 2 aromatic carbocycles. The van der Waals surface area contributed by atoms with E-state index in [2.05, 4.69) is 9.71 Å². The smallest absolute Gasteiger partial charge is 0.261 e. The molecule has 0 spiro atoms. The second-order valence-corrected chi connectivity index (χ2v) is 6.17. The van der Waals surface area contributed by atoms with Gasteiger partial charge in [-0.25, -0.2) is 13.4 Å². The summed E-state index contributed by atoms with van der Waals surface area (Å²) in [5, 5.41) is 1.79. The normalized spacial score (nSPS) is 11.5. The predicted octanol–water partition coefficient (Wildman–Crippen LogP) is 3.17. The minimum absolute atomic E-state index is 0.144. The molecule has 0 radical (unpaired) electrons. The van der Waals surface area contributed by atoms with E-state index in [1.807, 2.05) is 24.3 Å². The third-order valence-electron chi connectivity index (χ3n) is 3.01. The van der Waals surface area contributed by atoms with Crippen molar-refractivity contribution >= 4 is 26.5 Å². The van der Waals surface area contributed by atoms with Gasteiger partial charge in [0.2, 0.25) is 5.95 Å². The molecular formula is C15H11FN2O2S. The maximum Gasteiger partial charge on any atom is 0.261 e. The summed E-state index contributed by atoms with van der Waals surface area (Å²) in [6, 6.07) is 14.8. The molecule has 106 valence electrons. The number of hydrogen-bond donors (Lipinski definition) is 1. The molecule has 1 aromatic heterocycles. The van der Waals surface area contributed by atoms with E-state index < -0.39 is 16.0 Å². The van der Waals surface area contributed by atoms with Crippen molar-refractivity contribution < 1.29 is 12.8 Å². The first-order valence-corrected chi connectivity index (χ1v) is 7.66. The van der Waals surface area contributed by atoms with Gasteiger partial charge in [0.1, 0.15) is 0 Å². The monoisotopic (exact) mass is 302 g/mol. The van der Waals surface area contributed by atoms with Crippen molar-refractivity contribution in [2.75, 3.05) is 4.72 Å². The van der Waals surface area contributed by atoms with Crippen LogP contribution in [-0.4, -0.2) is 13.4 Å². The number of halogens is 1. The van der Waals surface area contributed by atoms with E-state index in [1.165, 1.54) is 12.1 Å². The van der Waals surface area contributed by atoms with E-state index in [9.17, 15) is 12.8 Å². The van der Waals surface area contributed by atoms with Gasteiger partial charge in [-0.15, -0.1) is 0 Å². The summed E-state index contributed by atoms with van der Waals surface area (Å²) in [5.41, 5.74) is 0.213. The maximum absolute atomic E-state index is 12.7.